The molecule has 0 radical (unpaired) electrons. The zero-order valence-electron chi connectivity index (χ0n) is 19.0. The lowest BCUT2D eigenvalue weighted by Gasteiger charge is -2.35. The van der Waals surface area contributed by atoms with E-state index < -0.39 is 0 Å². The highest BCUT2D eigenvalue weighted by Gasteiger charge is 2.26. The summed E-state index contributed by atoms with van der Waals surface area (Å²) in [7, 11) is 1.65. The zero-order chi connectivity index (χ0) is 23.2. The number of carbonyl (C=O) groups is 1. The number of ether oxygens (including phenoxy) is 2. The highest BCUT2D eigenvalue weighted by Crippen LogP contribution is 2.25. The van der Waals surface area contributed by atoms with Crippen LogP contribution in [0.1, 0.15) is 33.2 Å². The van der Waals surface area contributed by atoms with Gasteiger partial charge in [0, 0.05) is 19.6 Å². The van der Waals surface area contributed by atoms with E-state index in [1.807, 2.05) is 61.5 Å². The van der Waals surface area contributed by atoms with Gasteiger partial charge in [-0.15, -0.1) is 0 Å². The van der Waals surface area contributed by atoms with Gasteiger partial charge in [-0.1, -0.05) is 54.1 Å². The van der Waals surface area contributed by atoms with Crippen molar-refractivity contribution in [2.24, 2.45) is 0 Å². The molecule has 1 aliphatic rings. The molecular formula is C25H29ClN4O3. The Bertz CT molecular complexity index is 1060. The molecule has 0 unspecified atom stereocenters. The van der Waals surface area contributed by atoms with Crippen LogP contribution in [-0.4, -0.2) is 60.5 Å². The van der Waals surface area contributed by atoms with Crippen LogP contribution in [0.2, 0.25) is 5.15 Å². The number of carbonyl (C=O) groups excluding carboxylic acids is 1. The smallest absolute Gasteiger partial charge is 0.256 e. The summed E-state index contributed by atoms with van der Waals surface area (Å²) in [6.45, 7) is 5.74. The first-order chi connectivity index (χ1) is 16.1. The van der Waals surface area contributed by atoms with Crippen LogP contribution in [0.3, 0.4) is 0 Å². The highest BCUT2D eigenvalue weighted by atomic mass is 35.5. The minimum atomic E-state index is -0.219. The van der Waals surface area contributed by atoms with Crippen molar-refractivity contribution >= 4 is 17.5 Å². The number of hydrogen-bond acceptors (Lipinski definition) is 5. The van der Waals surface area contributed by atoms with Crippen molar-refractivity contribution in [3.8, 4) is 5.75 Å². The summed E-state index contributed by atoms with van der Waals surface area (Å²) in [4.78, 5) is 15.5. The average molecular weight is 469 g/mol. The number of hydrogen-bond donors (Lipinski definition) is 1. The molecule has 1 fully saturated rings. The first-order valence-corrected chi connectivity index (χ1v) is 11.5. The van der Waals surface area contributed by atoms with Crippen LogP contribution < -0.4 is 10.1 Å². The van der Waals surface area contributed by atoms with E-state index in [4.69, 9.17) is 21.1 Å². The SMILES string of the molecule is COc1ccc([C@H](CNC(=O)c2c(C)nn(Cc3ccccc3)c2Cl)N2CCOCC2)cc1. The van der Waals surface area contributed by atoms with Crippen molar-refractivity contribution in [2.45, 2.75) is 19.5 Å². The zero-order valence-corrected chi connectivity index (χ0v) is 19.7. The molecule has 2 aromatic carbocycles. The normalized spacial score (nSPS) is 15.2. The van der Waals surface area contributed by atoms with Crippen LogP contribution in [0.15, 0.2) is 54.6 Å². The summed E-state index contributed by atoms with van der Waals surface area (Å²) in [5, 5.41) is 7.94. The van der Waals surface area contributed by atoms with Gasteiger partial charge < -0.3 is 14.8 Å². The number of benzene rings is 2. The average Bonchev–Trinajstić information content (AvgIpc) is 3.13. The van der Waals surface area contributed by atoms with Crippen molar-refractivity contribution in [2.75, 3.05) is 40.0 Å². The van der Waals surface area contributed by atoms with Gasteiger partial charge in [-0.25, -0.2) is 4.68 Å². The van der Waals surface area contributed by atoms with Gasteiger partial charge >= 0.3 is 0 Å². The number of nitrogens with one attached hydrogen (secondary N) is 1. The number of amides is 1. The largest absolute Gasteiger partial charge is 0.497 e. The molecule has 2 heterocycles. The highest BCUT2D eigenvalue weighted by molar-refractivity contribution is 6.33. The number of methoxy groups -OCH3 is 1. The molecular weight excluding hydrogens is 440 g/mol. The standard InChI is InChI=1S/C25H29ClN4O3/c1-18-23(24(26)30(28-18)17-19-6-4-3-5-7-19)25(31)27-16-22(29-12-14-33-15-13-29)20-8-10-21(32-2)11-9-20/h3-11,22H,12-17H2,1-2H3,(H,27,31)/t22-/m0/s1. The molecule has 3 aromatic rings. The molecule has 1 aliphatic heterocycles. The number of rotatable bonds is 8. The van der Waals surface area contributed by atoms with Gasteiger partial charge in [0.2, 0.25) is 0 Å². The van der Waals surface area contributed by atoms with Crippen LogP contribution >= 0.6 is 11.6 Å². The van der Waals surface area contributed by atoms with E-state index >= 15 is 0 Å². The second-order valence-electron chi connectivity index (χ2n) is 8.04. The van der Waals surface area contributed by atoms with Crippen molar-refractivity contribution < 1.29 is 14.3 Å². The molecule has 33 heavy (non-hydrogen) atoms. The third-order valence-electron chi connectivity index (χ3n) is 5.91. The van der Waals surface area contributed by atoms with E-state index in [1.54, 1.807) is 11.8 Å². The molecule has 1 amide bonds. The molecule has 0 bridgehead atoms. The maximum absolute atomic E-state index is 13.2. The van der Waals surface area contributed by atoms with Crippen molar-refractivity contribution in [1.29, 1.82) is 0 Å². The molecule has 0 saturated carbocycles. The second kappa shape index (κ2) is 10.8. The molecule has 7 nitrogen and oxygen atoms in total. The van der Waals surface area contributed by atoms with E-state index in [-0.39, 0.29) is 11.9 Å². The van der Waals surface area contributed by atoms with E-state index in [1.165, 1.54) is 0 Å². The van der Waals surface area contributed by atoms with Crippen molar-refractivity contribution in [1.82, 2.24) is 20.0 Å². The summed E-state index contributed by atoms with van der Waals surface area (Å²) in [6.07, 6.45) is 0. The number of halogens is 1. The van der Waals surface area contributed by atoms with E-state index in [0.717, 1.165) is 30.0 Å². The summed E-state index contributed by atoms with van der Waals surface area (Å²) >= 11 is 6.59. The number of nitrogens with zero attached hydrogens (tertiary/aromatic N) is 3. The minimum Gasteiger partial charge on any atom is -0.497 e. The molecule has 0 spiro atoms. The van der Waals surface area contributed by atoms with Gasteiger partial charge in [-0.3, -0.25) is 9.69 Å². The van der Waals surface area contributed by atoms with Crippen LogP contribution in [0.25, 0.3) is 0 Å². The lowest BCUT2D eigenvalue weighted by Crippen LogP contribution is -2.43. The van der Waals surface area contributed by atoms with Gasteiger partial charge in [0.25, 0.3) is 5.91 Å². The Hall–Kier alpha value is -2.87. The fourth-order valence-corrected chi connectivity index (χ4v) is 4.44. The number of aryl methyl sites for hydroxylation is 1. The molecule has 1 aromatic heterocycles. The van der Waals surface area contributed by atoms with Crippen LogP contribution in [-0.2, 0) is 11.3 Å². The molecule has 4 rings (SSSR count). The second-order valence-corrected chi connectivity index (χ2v) is 8.40. The Balaban J connectivity index is 1.50. The van der Waals surface area contributed by atoms with Crippen LogP contribution in [0, 0.1) is 6.92 Å². The van der Waals surface area contributed by atoms with Gasteiger partial charge in [0.1, 0.15) is 10.9 Å². The monoisotopic (exact) mass is 468 g/mol. The van der Waals surface area contributed by atoms with Crippen molar-refractivity contribution in [3.63, 3.8) is 0 Å². The van der Waals surface area contributed by atoms with Gasteiger partial charge in [-0.05, 0) is 30.2 Å². The predicted molar refractivity (Wildman–Crippen MR) is 128 cm³/mol. The Morgan fingerprint density at radius 1 is 1.15 bits per heavy atom. The summed E-state index contributed by atoms with van der Waals surface area (Å²) in [6, 6.07) is 17.9. The Labute approximate surface area is 199 Å². The molecule has 1 atom stereocenters. The van der Waals surface area contributed by atoms with Gasteiger partial charge in [0.15, 0.2) is 0 Å². The lowest BCUT2D eigenvalue weighted by molar-refractivity contribution is 0.0162. The van der Waals surface area contributed by atoms with Crippen molar-refractivity contribution in [3.05, 3.63) is 82.1 Å². The Morgan fingerprint density at radius 3 is 2.52 bits per heavy atom. The van der Waals surface area contributed by atoms with E-state index in [2.05, 4.69) is 15.3 Å². The summed E-state index contributed by atoms with van der Waals surface area (Å²) < 4.78 is 12.5. The first kappa shape index (κ1) is 23.3. The molecule has 1 N–H and O–H groups in total. The minimum absolute atomic E-state index is 0.0159. The fraction of sp³-hybridized carbons (Fsp3) is 0.360. The molecule has 1 saturated heterocycles. The van der Waals surface area contributed by atoms with Gasteiger partial charge in [-0.2, -0.15) is 5.10 Å². The van der Waals surface area contributed by atoms with Gasteiger partial charge in [0.05, 0.1) is 44.2 Å². The van der Waals surface area contributed by atoms with Crippen LogP contribution in [0.4, 0.5) is 0 Å². The fourth-order valence-electron chi connectivity index (χ4n) is 4.12. The quantitative estimate of drug-likeness (QED) is 0.546. The maximum Gasteiger partial charge on any atom is 0.256 e. The van der Waals surface area contributed by atoms with E-state index in [9.17, 15) is 4.79 Å². The van der Waals surface area contributed by atoms with E-state index in [0.29, 0.717) is 42.7 Å². The first-order valence-electron chi connectivity index (χ1n) is 11.1. The Kier molecular flexibility index (Phi) is 7.65. The number of morpholine rings is 1. The molecule has 8 heteroatoms. The topological polar surface area (TPSA) is 68.6 Å². The summed E-state index contributed by atoms with van der Waals surface area (Å²) in [5.41, 5.74) is 3.21. The molecule has 174 valence electrons. The Morgan fingerprint density at radius 2 is 1.85 bits per heavy atom. The summed E-state index contributed by atoms with van der Waals surface area (Å²) in [5.74, 6) is 0.584. The van der Waals surface area contributed by atoms with Crippen LogP contribution in [0.5, 0.6) is 5.75 Å². The third-order valence-corrected chi connectivity index (χ3v) is 6.29. The predicted octanol–water partition coefficient (Wildman–Crippen LogP) is 3.71. The lowest BCUT2D eigenvalue weighted by atomic mass is 10.0. The number of aromatic nitrogens is 2. The maximum atomic E-state index is 13.2. The third kappa shape index (κ3) is 5.55. The molecule has 0 aliphatic carbocycles.